The van der Waals surface area contributed by atoms with Gasteiger partial charge in [0.2, 0.25) is 17.7 Å². The van der Waals surface area contributed by atoms with Gasteiger partial charge in [-0.3, -0.25) is 14.4 Å². The highest BCUT2D eigenvalue weighted by molar-refractivity contribution is 5.95. The van der Waals surface area contributed by atoms with Crippen LogP contribution < -0.4 is 16.0 Å². The number of para-hydroxylation sites is 1. The number of fused-ring (bicyclic) bond motifs is 1. The third-order valence-corrected chi connectivity index (χ3v) is 6.66. The van der Waals surface area contributed by atoms with E-state index in [0.29, 0.717) is 25.8 Å². The first-order chi connectivity index (χ1) is 16.3. The molecule has 182 valence electrons. The molecular weight excluding hydrogens is 438 g/mol. The van der Waals surface area contributed by atoms with E-state index in [1.807, 2.05) is 30.5 Å². The number of benzene rings is 1. The number of hydrogen-bond donors (Lipinski definition) is 5. The monoisotopic (exact) mass is 469 g/mol. The van der Waals surface area contributed by atoms with Gasteiger partial charge in [0.25, 0.3) is 0 Å². The molecule has 10 heteroatoms. The van der Waals surface area contributed by atoms with Crippen molar-refractivity contribution in [1.29, 1.82) is 0 Å². The van der Waals surface area contributed by atoms with E-state index >= 15 is 0 Å². The Labute approximate surface area is 197 Å². The normalized spacial score (nSPS) is 21.9. The van der Waals surface area contributed by atoms with E-state index in [1.165, 1.54) is 4.90 Å². The summed E-state index contributed by atoms with van der Waals surface area (Å²) in [6, 6.07) is 4.67. The molecule has 0 radical (unpaired) electrons. The molecule has 2 aliphatic rings. The van der Waals surface area contributed by atoms with Crippen LogP contribution in [-0.2, 0) is 25.6 Å². The lowest BCUT2D eigenvalue weighted by molar-refractivity contribution is -0.149. The van der Waals surface area contributed by atoms with E-state index in [1.54, 1.807) is 6.92 Å². The van der Waals surface area contributed by atoms with Crippen molar-refractivity contribution in [2.24, 2.45) is 0 Å². The number of hydrogen-bond acceptors (Lipinski definition) is 5. The van der Waals surface area contributed by atoms with E-state index in [4.69, 9.17) is 0 Å². The topological polar surface area (TPSA) is 144 Å². The zero-order valence-corrected chi connectivity index (χ0v) is 19.2. The summed E-state index contributed by atoms with van der Waals surface area (Å²) in [4.78, 5) is 54.9. The van der Waals surface area contributed by atoms with Crippen LogP contribution in [0.1, 0.15) is 38.2 Å². The van der Waals surface area contributed by atoms with Crippen LogP contribution in [0.25, 0.3) is 10.9 Å². The fraction of sp³-hybridized carbons (Fsp3) is 0.500. The third kappa shape index (κ3) is 5.06. The van der Waals surface area contributed by atoms with Gasteiger partial charge in [-0.25, -0.2) is 4.79 Å². The highest BCUT2D eigenvalue weighted by Crippen LogP contribution is 2.20. The fourth-order valence-electron chi connectivity index (χ4n) is 4.82. The first-order valence-corrected chi connectivity index (χ1v) is 11.8. The quantitative estimate of drug-likeness (QED) is 0.382. The summed E-state index contributed by atoms with van der Waals surface area (Å²) >= 11 is 0. The minimum absolute atomic E-state index is 0.247. The Bertz CT molecular complexity index is 1080. The number of aromatic amines is 1. The lowest BCUT2D eigenvalue weighted by Crippen LogP contribution is -2.56. The maximum atomic E-state index is 13.3. The van der Waals surface area contributed by atoms with Crippen molar-refractivity contribution in [3.05, 3.63) is 36.0 Å². The number of aromatic nitrogens is 1. The maximum Gasteiger partial charge on any atom is 0.326 e. The molecule has 0 bridgehead atoms. The molecule has 4 atom stereocenters. The zero-order valence-electron chi connectivity index (χ0n) is 19.2. The summed E-state index contributed by atoms with van der Waals surface area (Å²) < 4.78 is 0. The molecule has 10 nitrogen and oxygen atoms in total. The minimum Gasteiger partial charge on any atom is -0.480 e. The predicted molar refractivity (Wildman–Crippen MR) is 125 cm³/mol. The molecule has 3 heterocycles. The van der Waals surface area contributed by atoms with Crippen LogP contribution in [0.3, 0.4) is 0 Å². The Morgan fingerprint density at radius 1 is 1.15 bits per heavy atom. The molecule has 0 saturated carbocycles. The number of nitrogens with one attached hydrogen (secondary N) is 4. The largest absolute Gasteiger partial charge is 0.480 e. The van der Waals surface area contributed by atoms with Crippen molar-refractivity contribution in [3.63, 3.8) is 0 Å². The number of aliphatic carboxylic acids is 1. The van der Waals surface area contributed by atoms with Crippen LogP contribution in [0.4, 0.5) is 0 Å². The Balaban J connectivity index is 1.49. The van der Waals surface area contributed by atoms with Gasteiger partial charge >= 0.3 is 5.97 Å². The second kappa shape index (κ2) is 10.3. The van der Waals surface area contributed by atoms with Crippen LogP contribution in [0.2, 0.25) is 0 Å². The maximum absolute atomic E-state index is 13.3. The number of carboxylic acids is 1. The number of rotatable bonds is 8. The molecule has 0 aliphatic carbocycles. The van der Waals surface area contributed by atoms with E-state index in [2.05, 4.69) is 20.9 Å². The zero-order chi connectivity index (χ0) is 24.2. The molecule has 34 heavy (non-hydrogen) atoms. The number of H-pyrrole nitrogens is 1. The Kier molecular flexibility index (Phi) is 7.16. The van der Waals surface area contributed by atoms with Gasteiger partial charge in [-0.2, -0.15) is 0 Å². The summed E-state index contributed by atoms with van der Waals surface area (Å²) in [6.07, 6.45) is 4.67. The number of nitrogens with zero attached hydrogens (tertiary/aromatic N) is 1. The van der Waals surface area contributed by atoms with Crippen LogP contribution in [0, 0.1) is 0 Å². The number of carbonyl (C=O) groups excluding carboxylic acids is 3. The van der Waals surface area contributed by atoms with Crippen LogP contribution >= 0.6 is 0 Å². The van der Waals surface area contributed by atoms with Gasteiger partial charge < -0.3 is 30.9 Å². The number of likely N-dealkylation sites (tertiary alicyclic amines) is 1. The van der Waals surface area contributed by atoms with Crippen molar-refractivity contribution in [2.45, 2.75) is 63.2 Å². The lowest BCUT2D eigenvalue weighted by atomic mass is 10.0. The molecule has 2 saturated heterocycles. The molecule has 4 unspecified atom stereocenters. The van der Waals surface area contributed by atoms with Crippen molar-refractivity contribution in [2.75, 3.05) is 13.1 Å². The smallest absolute Gasteiger partial charge is 0.326 e. The van der Waals surface area contributed by atoms with Crippen LogP contribution in [-0.4, -0.2) is 75.9 Å². The van der Waals surface area contributed by atoms with Crippen LogP contribution in [0.5, 0.6) is 0 Å². The second-order valence-electron chi connectivity index (χ2n) is 9.03. The summed E-state index contributed by atoms with van der Waals surface area (Å²) in [6.45, 7) is 2.64. The number of carbonyl (C=O) groups is 4. The Hall–Kier alpha value is -3.40. The van der Waals surface area contributed by atoms with Gasteiger partial charge in [-0.15, -0.1) is 0 Å². The second-order valence-corrected chi connectivity index (χ2v) is 9.03. The first-order valence-electron chi connectivity index (χ1n) is 11.8. The first kappa shape index (κ1) is 23.7. The average molecular weight is 470 g/mol. The lowest BCUT2D eigenvalue weighted by Gasteiger charge is -2.27. The Morgan fingerprint density at radius 2 is 1.94 bits per heavy atom. The van der Waals surface area contributed by atoms with Gasteiger partial charge in [0.15, 0.2) is 0 Å². The highest BCUT2D eigenvalue weighted by atomic mass is 16.4. The molecule has 1 aromatic heterocycles. The SMILES string of the molecule is CC(NC(=O)C(Cc1c[nH]c2ccccc12)NC(=O)C1CCCN1)C(=O)N1CCCC1C(=O)O. The molecule has 2 aromatic rings. The van der Waals surface area contributed by atoms with E-state index in [-0.39, 0.29) is 18.4 Å². The number of carboxylic acid groups (broad SMARTS) is 1. The molecule has 3 amide bonds. The molecule has 2 aliphatic heterocycles. The van der Waals surface area contributed by atoms with Gasteiger partial charge in [0, 0.05) is 30.1 Å². The van der Waals surface area contributed by atoms with E-state index in [9.17, 15) is 24.3 Å². The predicted octanol–water partition coefficient (Wildman–Crippen LogP) is 0.528. The number of amides is 3. The van der Waals surface area contributed by atoms with Gasteiger partial charge in [0.1, 0.15) is 18.1 Å². The average Bonchev–Trinajstić information content (AvgIpc) is 3.59. The third-order valence-electron chi connectivity index (χ3n) is 6.66. The molecule has 0 spiro atoms. The molecular formula is C24H31N5O5. The summed E-state index contributed by atoms with van der Waals surface area (Å²) in [5, 5.41) is 19.0. The summed E-state index contributed by atoms with van der Waals surface area (Å²) in [5.74, 6) is -2.21. The summed E-state index contributed by atoms with van der Waals surface area (Å²) in [7, 11) is 0. The Morgan fingerprint density at radius 3 is 2.68 bits per heavy atom. The van der Waals surface area contributed by atoms with Crippen molar-refractivity contribution in [3.8, 4) is 0 Å². The van der Waals surface area contributed by atoms with E-state index < -0.39 is 35.9 Å². The molecule has 1 aromatic carbocycles. The molecule has 5 N–H and O–H groups in total. The van der Waals surface area contributed by atoms with Gasteiger partial charge in [-0.05, 0) is 50.8 Å². The minimum atomic E-state index is -1.04. The molecule has 2 fully saturated rings. The highest BCUT2D eigenvalue weighted by Gasteiger charge is 2.37. The van der Waals surface area contributed by atoms with E-state index in [0.717, 1.165) is 29.4 Å². The van der Waals surface area contributed by atoms with Crippen molar-refractivity contribution >= 4 is 34.6 Å². The van der Waals surface area contributed by atoms with Crippen molar-refractivity contribution < 1.29 is 24.3 Å². The van der Waals surface area contributed by atoms with Crippen molar-refractivity contribution in [1.82, 2.24) is 25.8 Å². The fourth-order valence-corrected chi connectivity index (χ4v) is 4.82. The summed E-state index contributed by atoms with van der Waals surface area (Å²) in [5.41, 5.74) is 1.80. The van der Waals surface area contributed by atoms with Gasteiger partial charge in [0.05, 0.1) is 6.04 Å². The van der Waals surface area contributed by atoms with Gasteiger partial charge in [-0.1, -0.05) is 18.2 Å². The van der Waals surface area contributed by atoms with Crippen LogP contribution in [0.15, 0.2) is 30.5 Å². The molecule has 4 rings (SSSR count). The standard InChI is InChI=1S/C24H31N5O5/c1-14(23(32)29-11-5-9-20(29)24(33)34)27-22(31)19(28-21(30)18-8-4-10-25-18)12-15-13-26-17-7-3-2-6-16(15)17/h2-3,6-7,13-14,18-20,25-26H,4-5,8-12H2,1H3,(H,27,31)(H,28,30)(H,33,34).